The second kappa shape index (κ2) is 4.22. The lowest BCUT2D eigenvalue weighted by Gasteiger charge is -2.17. The van der Waals surface area contributed by atoms with Crippen LogP contribution in [0.5, 0.6) is 0 Å². The molecule has 2 heteroatoms. The number of nitrogens with two attached hydrogens (primary N) is 1. The van der Waals surface area contributed by atoms with Gasteiger partial charge in [-0.2, -0.15) is 0 Å². The number of para-hydroxylation sites is 1. The highest BCUT2D eigenvalue weighted by atomic mass is 14.8. The van der Waals surface area contributed by atoms with Gasteiger partial charge in [0.2, 0.25) is 0 Å². The first-order valence-corrected chi connectivity index (χ1v) is 5.25. The summed E-state index contributed by atoms with van der Waals surface area (Å²) in [4.78, 5) is 0. The Bertz CT molecular complexity index is 416. The number of hydrogen-bond acceptors (Lipinski definition) is 2. The molecule has 0 unspecified atom stereocenters. The van der Waals surface area contributed by atoms with E-state index in [1.165, 1.54) is 11.3 Å². The molecule has 0 spiro atoms. The number of allylic oxidation sites excluding steroid dienone is 3. The molecule has 0 aromatic heterocycles. The van der Waals surface area contributed by atoms with Crippen LogP contribution < -0.4 is 11.1 Å². The molecule has 15 heavy (non-hydrogen) atoms. The molecule has 0 atom stereocenters. The van der Waals surface area contributed by atoms with Crippen molar-refractivity contribution in [3.8, 4) is 0 Å². The van der Waals surface area contributed by atoms with Gasteiger partial charge in [-0.05, 0) is 30.6 Å². The Morgan fingerprint density at radius 1 is 1.27 bits per heavy atom. The summed E-state index contributed by atoms with van der Waals surface area (Å²) in [5.41, 5.74) is 10.5. The molecule has 1 aliphatic rings. The highest BCUT2D eigenvalue weighted by molar-refractivity contribution is 5.78. The van der Waals surface area contributed by atoms with Gasteiger partial charge in [-0.3, -0.25) is 0 Å². The molecular formula is C13H16N2. The maximum absolute atomic E-state index is 5.98. The van der Waals surface area contributed by atoms with Crippen LogP contribution in [-0.4, -0.2) is 7.05 Å². The van der Waals surface area contributed by atoms with E-state index in [4.69, 9.17) is 5.73 Å². The molecule has 0 radical (unpaired) electrons. The van der Waals surface area contributed by atoms with E-state index in [1.54, 1.807) is 0 Å². The molecule has 0 heterocycles. The van der Waals surface area contributed by atoms with Crippen molar-refractivity contribution in [2.75, 3.05) is 12.8 Å². The van der Waals surface area contributed by atoms with E-state index in [1.807, 2.05) is 25.2 Å². The van der Waals surface area contributed by atoms with Crippen molar-refractivity contribution in [1.82, 2.24) is 5.32 Å². The molecule has 1 aromatic carbocycles. The average molecular weight is 200 g/mol. The normalized spacial score (nSPS) is 15.5. The molecule has 78 valence electrons. The van der Waals surface area contributed by atoms with Crippen LogP contribution in [-0.2, 0) is 0 Å². The smallest absolute Gasteiger partial charge is 0.0391 e. The predicted molar refractivity (Wildman–Crippen MR) is 65.2 cm³/mol. The number of rotatable bonds is 2. The van der Waals surface area contributed by atoms with Gasteiger partial charge in [-0.25, -0.2) is 0 Å². The van der Waals surface area contributed by atoms with Crippen LogP contribution in [0.25, 0.3) is 5.57 Å². The maximum atomic E-state index is 5.98. The highest BCUT2D eigenvalue weighted by Crippen LogP contribution is 2.30. The average Bonchev–Trinajstić information content (AvgIpc) is 2.30. The maximum Gasteiger partial charge on any atom is 0.0391 e. The van der Waals surface area contributed by atoms with E-state index < -0.39 is 0 Å². The minimum atomic E-state index is 0.857. The number of hydrogen-bond donors (Lipinski definition) is 2. The predicted octanol–water partition coefficient (Wildman–Crippen LogP) is 2.55. The standard InChI is InChI=1S/C13H16N2/c1-15-13-9-5-3-7-11(13)10-6-2-4-8-12(10)14/h2,4-6,8-9,15H,3,7,14H2,1H3. The zero-order valence-corrected chi connectivity index (χ0v) is 8.96. The minimum absolute atomic E-state index is 0.857. The molecule has 0 amide bonds. The van der Waals surface area contributed by atoms with Crippen LogP contribution in [0.3, 0.4) is 0 Å². The molecule has 3 N–H and O–H groups in total. The van der Waals surface area contributed by atoms with Crippen molar-refractivity contribution in [3.05, 3.63) is 47.7 Å². The van der Waals surface area contributed by atoms with Crippen LogP contribution in [0.2, 0.25) is 0 Å². The molecule has 1 aliphatic carbocycles. The fourth-order valence-corrected chi connectivity index (χ4v) is 1.95. The number of benzene rings is 1. The third-order valence-electron chi connectivity index (χ3n) is 2.73. The molecule has 0 saturated carbocycles. The van der Waals surface area contributed by atoms with E-state index in [2.05, 4.69) is 23.5 Å². The first-order chi connectivity index (χ1) is 7.33. The lowest BCUT2D eigenvalue weighted by molar-refractivity contribution is 0.959. The highest BCUT2D eigenvalue weighted by Gasteiger charge is 2.11. The molecule has 0 bridgehead atoms. The quantitative estimate of drug-likeness (QED) is 0.720. The van der Waals surface area contributed by atoms with Gasteiger partial charge >= 0.3 is 0 Å². The van der Waals surface area contributed by atoms with E-state index >= 15 is 0 Å². The van der Waals surface area contributed by atoms with Gasteiger partial charge in [-0.15, -0.1) is 0 Å². The third-order valence-corrected chi connectivity index (χ3v) is 2.73. The molecule has 0 fully saturated rings. The minimum Gasteiger partial charge on any atom is -0.398 e. The first-order valence-electron chi connectivity index (χ1n) is 5.25. The van der Waals surface area contributed by atoms with Gasteiger partial charge in [0.15, 0.2) is 0 Å². The second-order valence-electron chi connectivity index (χ2n) is 3.67. The van der Waals surface area contributed by atoms with Crippen molar-refractivity contribution in [1.29, 1.82) is 0 Å². The van der Waals surface area contributed by atoms with Crippen LogP contribution in [0.15, 0.2) is 42.1 Å². The van der Waals surface area contributed by atoms with Gasteiger partial charge in [0, 0.05) is 24.0 Å². The van der Waals surface area contributed by atoms with Gasteiger partial charge in [-0.1, -0.05) is 24.3 Å². The summed E-state index contributed by atoms with van der Waals surface area (Å²) in [7, 11) is 1.95. The summed E-state index contributed by atoms with van der Waals surface area (Å²) >= 11 is 0. The van der Waals surface area contributed by atoms with Gasteiger partial charge in [0.05, 0.1) is 0 Å². The van der Waals surface area contributed by atoms with E-state index in [9.17, 15) is 0 Å². The monoisotopic (exact) mass is 200 g/mol. The molecule has 2 rings (SSSR count). The Morgan fingerprint density at radius 2 is 2.07 bits per heavy atom. The zero-order chi connectivity index (χ0) is 10.7. The van der Waals surface area contributed by atoms with Gasteiger partial charge < -0.3 is 11.1 Å². The topological polar surface area (TPSA) is 38.0 Å². The Morgan fingerprint density at radius 3 is 2.80 bits per heavy atom. The van der Waals surface area contributed by atoms with E-state index in [0.717, 1.165) is 24.1 Å². The zero-order valence-electron chi connectivity index (χ0n) is 8.96. The SMILES string of the molecule is CNC1=C(c2ccccc2N)CCC=C1. The molecule has 0 aliphatic heterocycles. The Kier molecular flexibility index (Phi) is 2.77. The van der Waals surface area contributed by atoms with Crippen LogP contribution in [0.1, 0.15) is 18.4 Å². The van der Waals surface area contributed by atoms with Crippen molar-refractivity contribution < 1.29 is 0 Å². The number of anilines is 1. The van der Waals surface area contributed by atoms with Crippen LogP contribution in [0, 0.1) is 0 Å². The second-order valence-corrected chi connectivity index (χ2v) is 3.67. The Labute approximate surface area is 90.5 Å². The number of nitrogens with one attached hydrogen (secondary N) is 1. The fourth-order valence-electron chi connectivity index (χ4n) is 1.95. The van der Waals surface area contributed by atoms with E-state index in [0.29, 0.717) is 0 Å². The summed E-state index contributed by atoms with van der Waals surface area (Å²) in [6.07, 6.45) is 6.47. The number of nitrogen functional groups attached to an aromatic ring is 1. The Balaban J connectivity index is 2.49. The van der Waals surface area contributed by atoms with Crippen molar-refractivity contribution in [3.63, 3.8) is 0 Å². The van der Waals surface area contributed by atoms with E-state index in [-0.39, 0.29) is 0 Å². The Hall–Kier alpha value is -1.70. The van der Waals surface area contributed by atoms with Gasteiger partial charge in [0.1, 0.15) is 0 Å². The third kappa shape index (κ3) is 1.89. The molecule has 2 nitrogen and oxygen atoms in total. The van der Waals surface area contributed by atoms with Crippen LogP contribution in [0.4, 0.5) is 5.69 Å². The van der Waals surface area contributed by atoms with Crippen molar-refractivity contribution >= 4 is 11.3 Å². The first kappa shape index (κ1) is 9.84. The molecule has 0 saturated heterocycles. The largest absolute Gasteiger partial charge is 0.398 e. The lowest BCUT2D eigenvalue weighted by atomic mass is 9.94. The fraction of sp³-hybridized carbons (Fsp3) is 0.231. The summed E-state index contributed by atoms with van der Waals surface area (Å²) in [5, 5.41) is 3.22. The van der Waals surface area contributed by atoms with Crippen LogP contribution >= 0.6 is 0 Å². The lowest BCUT2D eigenvalue weighted by Crippen LogP contribution is -2.09. The van der Waals surface area contributed by atoms with Gasteiger partial charge in [0.25, 0.3) is 0 Å². The molecule has 1 aromatic rings. The number of likely N-dealkylation sites (N-methyl/N-ethyl adjacent to an activating group) is 1. The van der Waals surface area contributed by atoms with Crippen molar-refractivity contribution in [2.45, 2.75) is 12.8 Å². The molecular weight excluding hydrogens is 184 g/mol. The summed E-state index contributed by atoms with van der Waals surface area (Å²) in [5.74, 6) is 0. The summed E-state index contributed by atoms with van der Waals surface area (Å²) < 4.78 is 0. The van der Waals surface area contributed by atoms with Crippen molar-refractivity contribution in [2.24, 2.45) is 0 Å². The summed E-state index contributed by atoms with van der Waals surface area (Å²) in [6, 6.07) is 8.04. The summed E-state index contributed by atoms with van der Waals surface area (Å²) in [6.45, 7) is 0.